The van der Waals surface area contributed by atoms with Gasteiger partial charge in [-0.15, -0.1) is 0 Å². The van der Waals surface area contributed by atoms with Gasteiger partial charge in [-0.25, -0.2) is 8.78 Å². The molecule has 0 heterocycles. The van der Waals surface area contributed by atoms with Crippen LogP contribution in [0.15, 0.2) is 12.1 Å². The third kappa shape index (κ3) is 3.74. The number of benzene rings is 1. The van der Waals surface area contributed by atoms with E-state index in [1.54, 1.807) is 6.07 Å². The van der Waals surface area contributed by atoms with Gasteiger partial charge in [0.25, 0.3) is 0 Å². The van der Waals surface area contributed by atoms with Crippen LogP contribution in [0.1, 0.15) is 43.2 Å². The molecule has 0 saturated heterocycles. The van der Waals surface area contributed by atoms with Crippen molar-refractivity contribution in [2.75, 3.05) is 6.54 Å². The van der Waals surface area contributed by atoms with Crippen LogP contribution in [0.5, 0.6) is 0 Å². The number of halogens is 2. The van der Waals surface area contributed by atoms with Crippen LogP contribution in [-0.2, 0) is 6.54 Å². The molecule has 1 aromatic carbocycles. The molecule has 0 unspecified atom stereocenters. The summed E-state index contributed by atoms with van der Waals surface area (Å²) in [6, 6.07) is 3.91. The van der Waals surface area contributed by atoms with Gasteiger partial charge in [0.15, 0.2) is 0 Å². The Morgan fingerprint density at radius 1 is 1.16 bits per heavy atom. The highest BCUT2D eigenvalue weighted by molar-refractivity contribution is 5.34. The average Bonchev–Trinajstić information content (AvgIpc) is 2.42. The summed E-state index contributed by atoms with van der Waals surface area (Å²) in [5.41, 5.74) is 0.0424. The van der Waals surface area contributed by atoms with Crippen molar-refractivity contribution in [2.24, 2.45) is 5.92 Å². The van der Waals surface area contributed by atoms with Crippen molar-refractivity contribution in [1.82, 2.24) is 5.32 Å². The van der Waals surface area contributed by atoms with Gasteiger partial charge < -0.3 is 5.32 Å². The van der Waals surface area contributed by atoms with Crippen molar-refractivity contribution in [3.05, 3.63) is 34.9 Å². The molecule has 0 aliphatic heterocycles. The lowest BCUT2D eigenvalue weighted by atomic mass is 9.89. The van der Waals surface area contributed by atoms with Crippen molar-refractivity contribution < 1.29 is 8.78 Å². The number of nitrogens with one attached hydrogen (secondary N) is 1. The van der Waals surface area contributed by atoms with Gasteiger partial charge >= 0.3 is 0 Å². The number of nitriles is 1. The average molecular weight is 264 g/mol. The van der Waals surface area contributed by atoms with Crippen LogP contribution < -0.4 is 5.32 Å². The molecule has 0 amide bonds. The summed E-state index contributed by atoms with van der Waals surface area (Å²) in [6.45, 7) is 0.985. The summed E-state index contributed by atoms with van der Waals surface area (Å²) in [5.74, 6) is -0.668. The summed E-state index contributed by atoms with van der Waals surface area (Å²) in [6.07, 6.45) is 6.21. The first-order chi connectivity index (χ1) is 9.20. The van der Waals surface area contributed by atoms with E-state index >= 15 is 0 Å². The molecule has 1 aliphatic rings. The normalized spacial score (nSPS) is 16.3. The van der Waals surface area contributed by atoms with E-state index < -0.39 is 11.6 Å². The molecule has 0 spiro atoms. The molecule has 102 valence electrons. The SMILES string of the molecule is N#Cc1cc(F)c(CNCC2CCCCC2)c(F)c1. The van der Waals surface area contributed by atoms with Crippen molar-refractivity contribution in [2.45, 2.75) is 38.6 Å². The van der Waals surface area contributed by atoms with Crippen molar-refractivity contribution in [1.29, 1.82) is 5.26 Å². The summed E-state index contributed by atoms with van der Waals surface area (Å²) >= 11 is 0. The topological polar surface area (TPSA) is 35.8 Å². The molecule has 2 nitrogen and oxygen atoms in total. The second kappa shape index (κ2) is 6.63. The third-order valence-corrected chi connectivity index (χ3v) is 3.73. The van der Waals surface area contributed by atoms with Gasteiger partial charge in [0.1, 0.15) is 11.6 Å². The first-order valence-corrected chi connectivity index (χ1v) is 6.79. The maximum Gasteiger partial charge on any atom is 0.131 e. The van der Waals surface area contributed by atoms with Crippen LogP contribution in [0.25, 0.3) is 0 Å². The third-order valence-electron chi connectivity index (χ3n) is 3.73. The number of hydrogen-bond acceptors (Lipinski definition) is 2. The zero-order valence-electron chi connectivity index (χ0n) is 10.9. The highest BCUT2D eigenvalue weighted by Gasteiger charge is 2.14. The minimum absolute atomic E-state index is 0.0195. The smallest absolute Gasteiger partial charge is 0.131 e. The van der Waals surface area contributed by atoms with E-state index in [2.05, 4.69) is 5.32 Å². The van der Waals surface area contributed by atoms with Crippen LogP contribution in [-0.4, -0.2) is 6.54 Å². The molecule has 19 heavy (non-hydrogen) atoms. The second-order valence-electron chi connectivity index (χ2n) is 5.17. The van der Waals surface area contributed by atoms with Crippen LogP contribution in [0.3, 0.4) is 0 Å². The monoisotopic (exact) mass is 264 g/mol. The fraction of sp³-hybridized carbons (Fsp3) is 0.533. The summed E-state index contributed by atoms with van der Waals surface area (Å²) < 4.78 is 27.3. The van der Waals surface area contributed by atoms with E-state index in [-0.39, 0.29) is 17.7 Å². The van der Waals surface area contributed by atoms with Crippen LogP contribution in [0.2, 0.25) is 0 Å². The maximum atomic E-state index is 13.6. The van der Waals surface area contributed by atoms with E-state index in [0.717, 1.165) is 18.7 Å². The van der Waals surface area contributed by atoms with E-state index in [0.29, 0.717) is 5.92 Å². The summed E-state index contributed by atoms with van der Waals surface area (Å²) in [4.78, 5) is 0. The molecule has 0 radical (unpaired) electrons. The molecular weight excluding hydrogens is 246 g/mol. The van der Waals surface area contributed by atoms with Gasteiger partial charge in [-0.1, -0.05) is 19.3 Å². The Morgan fingerprint density at radius 2 is 1.79 bits per heavy atom. The summed E-state index contributed by atoms with van der Waals surface area (Å²) in [5, 5.41) is 11.8. The Balaban J connectivity index is 1.90. The predicted octanol–water partition coefficient (Wildman–Crippen LogP) is 3.51. The molecular formula is C15H18F2N2. The molecule has 0 atom stereocenters. The predicted molar refractivity (Wildman–Crippen MR) is 69.4 cm³/mol. The summed E-state index contributed by atoms with van der Waals surface area (Å²) in [7, 11) is 0. The minimum Gasteiger partial charge on any atom is -0.312 e. The zero-order chi connectivity index (χ0) is 13.7. The van der Waals surface area contributed by atoms with Crippen molar-refractivity contribution >= 4 is 0 Å². The quantitative estimate of drug-likeness (QED) is 0.903. The second-order valence-corrected chi connectivity index (χ2v) is 5.17. The molecule has 4 heteroatoms. The first kappa shape index (κ1) is 14.0. The lowest BCUT2D eigenvalue weighted by Gasteiger charge is -2.21. The molecule has 0 bridgehead atoms. The maximum absolute atomic E-state index is 13.6. The lowest BCUT2D eigenvalue weighted by molar-refractivity contribution is 0.340. The standard InChI is InChI=1S/C15H18F2N2/c16-14-6-12(8-18)7-15(17)13(14)10-19-9-11-4-2-1-3-5-11/h6-7,11,19H,1-5,9-10H2. The fourth-order valence-electron chi connectivity index (χ4n) is 2.63. The Kier molecular flexibility index (Phi) is 4.86. The van der Waals surface area contributed by atoms with E-state index in [9.17, 15) is 8.78 Å². The number of nitrogens with zero attached hydrogens (tertiary/aromatic N) is 1. The first-order valence-electron chi connectivity index (χ1n) is 6.79. The largest absolute Gasteiger partial charge is 0.312 e. The fourth-order valence-corrected chi connectivity index (χ4v) is 2.63. The van der Waals surface area contributed by atoms with Crippen LogP contribution in [0, 0.1) is 28.9 Å². The Bertz CT molecular complexity index is 451. The number of hydrogen-bond donors (Lipinski definition) is 1. The lowest BCUT2D eigenvalue weighted by Crippen LogP contribution is -2.25. The molecule has 1 N–H and O–H groups in total. The van der Waals surface area contributed by atoms with Gasteiger partial charge in [-0.3, -0.25) is 0 Å². The molecule has 1 fully saturated rings. The molecule has 1 aromatic rings. The molecule has 0 aromatic heterocycles. The van der Waals surface area contributed by atoms with Crippen molar-refractivity contribution in [3.8, 4) is 6.07 Å². The van der Waals surface area contributed by atoms with Gasteiger partial charge in [0.05, 0.1) is 11.6 Å². The number of rotatable bonds is 4. The van der Waals surface area contributed by atoms with Gasteiger partial charge in [-0.2, -0.15) is 5.26 Å². The Labute approximate surface area is 112 Å². The zero-order valence-corrected chi connectivity index (χ0v) is 10.9. The van der Waals surface area contributed by atoms with Crippen molar-refractivity contribution in [3.63, 3.8) is 0 Å². The van der Waals surface area contributed by atoms with Crippen LogP contribution in [0.4, 0.5) is 8.78 Å². The van der Waals surface area contributed by atoms with E-state index in [1.165, 1.54) is 32.1 Å². The Morgan fingerprint density at radius 3 is 2.37 bits per heavy atom. The van der Waals surface area contributed by atoms with E-state index in [1.807, 2.05) is 0 Å². The van der Waals surface area contributed by atoms with Gasteiger partial charge in [0, 0.05) is 12.1 Å². The van der Waals surface area contributed by atoms with Gasteiger partial charge in [-0.05, 0) is 37.4 Å². The minimum atomic E-state index is -0.646. The Hall–Kier alpha value is -1.47. The van der Waals surface area contributed by atoms with Gasteiger partial charge in [0.2, 0.25) is 0 Å². The molecule has 1 saturated carbocycles. The highest BCUT2D eigenvalue weighted by atomic mass is 19.1. The van der Waals surface area contributed by atoms with E-state index in [4.69, 9.17) is 5.26 Å². The van der Waals surface area contributed by atoms with Crippen LogP contribution >= 0.6 is 0 Å². The molecule has 1 aliphatic carbocycles. The molecule has 2 rings (SSSR count). The highest BCUT2D eigenvalue weighted by Crippen LogP contribution is 2.23.